The fourth-order valence-corrected chi connectivity index (χ4v) is 6.74. The molecule has 2 aliphatic rings. The summed E-state index contributed by atoms with van der Waals surface area (Å²) in [6, 6.07) is 0.819. The number of ether oxygens (including phenoxy) is 3. The van der Waals surface area contributed by atoms with Crippen molar-refractivity contribution in [1.82, 2.24) is 16.0 Å². The Bertz CT molecular complexity index is 1670. The summed E-state index contributed by atoms with van der Waals surface area (Å²) in [4.78, 5) is 39.7. The lowest BCUT2D eigenvalue weighted by atomic mass is 9.93. The van der Waals surface area contributed by atoms with Crippen LogP contribution in [0.3, 0.4) is 0 Å². The number of carbonyl (C=O) groups is 3. The number of urea groups is 2. The summed E-state index contributed by atoms with van der Waals surface area (Å²) >= 11 is 0. The van der Waals surface area contributed by atoms with Gasteiger partial charge in [-0.2, -0.15) is 26.3 Å². The largest absolute Gasteiger partial charge is 0.416 e. The zero-order chi connectivity index (χ0) is 43.3. The fourth-order valence-electron chi connectivity index (χ4n) is 6.74. The molecule has 0 spiro atoms. The van der Waals surface area contributed by atoms with Crippen LogP contribution in [0.2, 0.25) is 0 Å². The maximum absolute atomic E-state index is 13.4. The Labute approximate surface area is 336 Å². The van der Waals surface area contributed by atoms with Crippen molar-refractivity contribution >= 4 is 29.3 Å². The fraction of sp³-hybridized carbons (Fsp3) is 0.605. The number of carbonyl (C=O) groups excluding carboxylic acids is 3. The number of unbranched alkanes of at least 4 members (excludes halogenated alkanes) is 6. The van der Waals surface area contributed by atoms with Gasteiger partial charge in [-0.15, -0.1) is 0 Å². The summed E-state index contributed by atoms with van der Waals surface area (Å²) in [5, 5.41) is 54.2. The summed E-state index contributed by atoms with van der Waals surface area (Å²) in [6.07, 6.45) is -12.9. The molecule has 2 aliphatic heterocycles. The predicted octanol–water partition coefficient (Wildman–Crippen LogP) is 4.25. The Morgan fingerprint density at radius 3 is 1.81 bits per heavy atom. The molecule has 9 N–H and O–H groups in total. The van der Waals surface area contributed by atoms with Crippen LogP contribution in [0.4, 0.5) is 47.3 Å². The summed E-state index contributed by atoms with van der Waals surface area (Å²) in [6.45, 7) is 0.0890. The number of alkyl halides is 6. The number of rotatable bonds is 17. The van der Waals surface area contributed by atoms with Gasteiger partial charge >= 0.3 is 24.4 Å². The molecule has 15 nitrogen and oxygen atoms in total. The number of nitrogens with one attached hydrogen (secondary N) is 5. The molecule has 0 unspecified atom stereocenters. The highest BCUT2D eigenvalue weighted by atomic mass is 19.4. The number of benzene rings is 2. The molecule has 0 aliphatic carbocycles. The number of hydrogen-bond donors (Lipinski definition) is 9. The molecule has 2 saturated heterocycles. The monoisotopic (exact) mass is 851 g/mol. The second-order valence-electron chi connectivity index (χ2n) is 14.3. The summed E-state index contributed by atoms with van der Waals surface area (Å²) in [5.74, 6) is -0.503. The van der Waals surface area contributed by atoms with E-state index in [1.54, 1.807) is 0 Å². The first-order chi connectivity index (χ1) is 27.9. The second kappa shape index (κ2) is 21.8. The Hall–Kier alpha value is -4.25. The van der Waals surface area contributed by atoms with Gasteiger partial charge in [0.05, 0.1) is 43.0 Å². The third-order valence-corrected chi connectivity index (χ3v) is 9.84. The first-order valence-electron chi connectivity index (χ1n) is 19.2. The van der Waals surface area contributed by atoms with E-state index in [0.29, 0.717) is 18.6 Å². The van der Waals surface area contributed by atoms with E-state index in [9.17, 15) is 61.2 Å². The Kier molecular flexibility index (Phi) is 17.6. The van der Waals surface area contributed by atoms with E-state index in [1.807, 2.05) is 0 Å². The Morgan fingerprint density at radius 2 is 1.27 bits per heavy atom. The number of aliphatic hydroxyl groups excluding tert-OH is 4. The van der Waals surface area contributed by atoms with E-state index >= 15 is 0 Å². The van der Waals surface area contributed by atoms with Gasteiger partial charge in [0.25, 0.3) is 0 Å². The number of anilines is 2. The summed E-state index contributed by atoms with van der Waals surface area (Å²) < 4.78 is 97.9. The van der Waals surface area contributed by atoms with Gasteiger partial charge in [0.1, 0.15) is 36.6 Å². The van der Waals surface area contributed by atoms with Crippen LogP contribution in [0.15, 0.2) is 48.5 Å². The lowest BCUT2D eigenvalue weighted by Gasteiger charge is -2.47. The highest BCUT2D eigenvalue weighted by Gasteiger charge is 2.50. The van der Waals surface area contributed by atoms with E-state index in [0.717, 1.165) is 68.9 Å². The van der Waals surface area contributed by atoms with E-state index in [2.05, 4.69) is 33.5 Å². The quantitative estimate of drug-likeness (QED) is 0.0814. The molecule has 9 atom stereocenters. The topological polar surface area (TPSA) is 220 Å². The summed E-state index contributed by atoms with van der Waals surface area (Å²) in [5.41, 5.74) is -2.66. The van der Waals surface area contributed by atoms with E-state index in [4.69, 9.17) is 14.2 Å². The average molecular weight is 852 g/mol. The molecule has 4 rings (SSSR count). The van der Waals surface area contributed by atoms with Gasteiger partial charge in [-0.3, -0.25) is 4.79 Å². The normalized spacial score (nSPS) is 26.1. The minimum atomic E-state index is -4.74. The molecule has 5 amide bonds. The minimum absolute atomic E-state index is 0.0422. The molecule has 59 heavy (non-hydrogen) atoms. The number of aliphatic hydroxyl groups is 4. The third kappa shape index (κ3) is 13.9. The van der Waals surface area contributed by atoms with Crippen LogP contribution in [0.25, 0.3) is 0 Å². The molecule has 330 valence electrons. The van der Waals surface area contributed by atoms with Crippen molar-refractivity contribution in [3.63, 3.8) is 0 Å². The van der Waals surface area contributed by atoms with Crippen LogP contribution in [0.1, 0.15) is 69.4 Å². The molecule has 0 saturated carbocycles. The zero-order valence-electron chi connectivity index (χ0n) is 32.1. The highest BCUT2D eigenvalue weighted by molar-refractivity contribution is 5.90. The number of hydrogen-bond acceptors (Lipinski definition) is 10. The van der Waals surface area contributed by atoms with Gasteiger partial charge in [-0.1, -0.05) is 57.6 Å². The van der Waals surface area contributed by atoms with Crippen LogP contribution in [0.5, 0.6) is 0 Å². The standard InChI is InChI=1S/C38H51F6N5O10/c1-2-3-4-5-6-7-8-15-28(52)48-29-26(18-50)57-20-25(47-35(55)45-23-13-9-11-21(16-23)37(39,40)41)33(29)59-34-30(32(54)31(53)27(19-51)58-34)49-36(56)46-24-14-10-12-22(17-24)38(42,43)44/h9-14,16-17,25-27,29-34,50-51,53-54H,2-8,15,18-20H2,1H3,(H,48,52)(H2,45,47,55)(H2,46,49,56)/t25-,26+,27+,29-,30+,31+,32+,33+,34-/m0/s1. The van der Waals surface area contributed by atoms with Gasteiger partial charge in [0.15, 0.2) is 6.29 Å². The van der Waals surface area contributed by atoms with Crippen molar-refractivity contribution in [1.29, 1.82) is 0 Å². The van der Waals surface area contributed by atoms with Crippen molar-refractivity contribution in [2.75, 3.05) is 30.5 Å². The number of amides is 5. The molecular weight excluding hydrogens is 800 g/mol. The van der Waals surface area contributed by atoms with Crippen LogP contribution in [-0.4, -0.2) is 113 Å². The lowest BCUT2D eigenvalue weighted by molar-refractivity contribution is -0.293. The Morgan fingerprint density at radius 1 is 0.729 bits per heavy atom. The smallest absolute Gasteiger partial charge is 0.394 e. The SMILES string of the molecule is CCCCCCCCCC(=O)N[C@@H]1[C@H](O[C@@H]2O[C@H](CO)[C@@H](O)[C@H](O)[C@H]2NC(=O)Nc2cccc(C(F)(F)F)c2)[C@@H](NC(=O)Nc2cccc(C(F)(F)F)c2)CO[C@@H]1CO. The molecule has 2 heterocycles. The van der Waals surface area contributed by atoms with Gasteiger partial charge in [-0.25, -0.2) is 9.59 Å². The van der Waals surface area contributed by atoms with Gasteiger partial charge in [0, 0.05) is 17.8 Å². The molecule has 0 radical (unpaired) electrons. The maximum Gasteiger partial charge on any atom is 0.416 e. The van der Waals surface area contributed by atoms with E-state index in [-0.39, 0.29) is 17.8 Å². The zero-order valence-corrected chi connectivity index (χ0v) is 32.1. The first kappa shape index (κ1) is 47.4. The van der Waals surface area contributed by atoms with Crippen LogP contribution < -0.4 is 26.6 Å². The molecule has 2 aromatic rings. The van der Waals surface area contributed by atoms with E-state index in [1.165, 1.54) is 6.07 Å². The molecule has 2 aromatic carbocycles. The van der Waals surface area contributed by atoms with Crippen molar-refractivity contribution in [3.8, 4) is 0 Å². The number of halogens is 6. The second-order valence-corrected chi connectivity index (χ2v) is 14.3. The average Bonchev–Trinajstić information content (AvgIpc) is 3.17. The summed E-state index contributed by atoms with van der Waals surface area (Å²) in [7, 11) is 0. The van der Waals surface area contributed by atoms with E-state index < -0.39 is 116 Å². The molecule has 2 fully saturated rings. The van der Waals surface area contributed by atoms with Crippen LogP contribution in [-0.2, 0) is 31.4 Å². The maximum atomic E-state index is 13.4. The van der Waals surface area contributed by atoms with Gasteiger partial charge in [0.2, 0.25) is 5.91 Å². The lowest BCUT2D eigenvalue weighted by Crippen LogP contribution is -2.70. The van der Waals surface area contributed by atoms with Crippen molar-refractivity contribution in [2.24, 2.45) is 0 Å². The van der Waals surface area contributed by atoms with Crippen LogP contribution in [0, 0.1) is 0 Å². The third-order valence-electron chi connectivity index (χ3n) is 9.84. The highest BCUT2D eigenvalue weighted by Crippen LogP contribution is 2.33. The van der Waals surface area contributed by atoms with Gasteiger partial charge < -0.3 is 61.2 Å². The molecule has 0 bridgehead atoms. The first-order valence-corrected chi connectivity index (χ1v) is 19.2. The Balaban J connectivity index is 1.61. The van der Waals surface area contributed by atoms with Crippen molar-refractivity contribution in [3.05, 3.63) is 59.7 Å². The van der Waals surface area contributed by atoms with Crippen LogP contribution >= 0.6 is 0 Å². The van der Waals surface area contributed by atoms with Crippen molar-refractivity contribution in [2.45, 2.75) is 126 Å². The molecule has 0 aromatic heterocycles. The molecule has 21 heteroatoms. The minimum Gasteiger partial charge on any atom is -0.394 e. The predicted molar refractivity (Wildman–Crippen MR) is 199 cm³/mol. The van der Waals surface area contributed by atoms with Gasteiger partial charge in [-0.05, 0) is 42.8 Å². The van der Waals surface area contributed by atoms with Crippen molar-refractivity contribution < 1.29 is 75.4 Å². The molecular formula is C38H51F6N5O10.